The van der Waals surface area contributed by atoms with Crippen LogP contribution >= 0.6 is 0 Å². The second-order valence-electron chi connectivity index (χ2n) is 3.48. The first-order valence-corrected chi connectivity index (χ1v) is 4.79. The summed E-state index contributed by atoms with van der Waals surface area (Å²) in [6, 6.07) is 0. The van der Waals surface area contributed by atoms with Gasteiger partial charge in [-0.2, -0.15) is 0 Å². The summed E-state index contributed by atoms with van der Waals surface area (Å²) >= 11 is 0. The van der Waals surface area contributed by atoms with E-state index in [1.54, 1.807) is 0 Å². The molecule has 0 radical (unpaired) electrons. The number of hydrogen-bond donors (Lipinski definition) is 2. The highest BCUT2D eigenvalue weighted by atomic mass is 16.6. The highest BCUT2D eigenvalue weighted by molar-refractivity contribution is 5.66. The molecule has 0 aromatic carbocycles. The summed E-state index contributed by atoms with van der Waals surface area (Å²) in [5.41, 5.74) is -0.304. The van der Waals surface area contributed by atoms with E-state index >= 15 is 0 Å². The van der Waals surface area contributed by atoms with E-state index in [2.05, 4.69) is 10.6 Å². The molecule has 2 N–H and O–H groups in total. The van der Waals surface area contributed by atoms with E-state index in [9.17, 15) is 4.79 Å². The summed E-state index contributed by atoms with van der Waals surface area (Å²) in [6.07, 6.45) is 0.902. The van der Waals surface area contributed by atoms with E-state index in [4.69, 9.17) is 4.74 Å². The molecule has 1 fully saturated rings. The fourth-order valence-electron chi connectivity index (χ4n) is 1.65. The Hall–Kier alpha value is -0.610. The molecule has 0 saturated carbocycles. The van der Waals surface area contributed by atoms with E-state index in [1.807, 2.05) is 6.92 Å². The quantitative estimate of drug-likeness (QED) is 0.602. The molecular weight excluding hydrogens is 168 g/mol. The van der Waals surface area contributed by atoms with Gasteiger partial charge in [0.2, 0.25) is 0 Å². The minimum atomic E-state index is -0.304. The third-order valence-corrected chi connectivity index (χ3v) is 2.26. The van der Waals surface area contributed by atoms with Crippen LogP contribution in [-0.4, -0.2) is 37.7 Å². The molecule has 0 spiro atoms. The van der Waals surface area contributed by atoms with E-state index in [1.165, 1.54) is 6.92 Å². The average Bonchev–Trinajstić information content (AvgIpc) is 2.49. The van der Waals surface area contributed by atoms with Gasteiger partial charge >= 0.3 is 5.97 Å². The Morgan fingerprint density at radius 3 is 2.92 bits per heavy atom. The van der Waals surface area contributed by atoms with Crippen molar-refractivity contribution in [2.75, 3.05) is 26.2 Å². The lowest BCUT2D eigenvalue weighted by Crippen LogP contribution is -2.46. The Labute approximate surface area is 79.0 Å². The standard InChI is InChI=1S/C9H18N2O2/c1-3-10-6-9(13-8(2)12)4-5-11-7-9/h10-11H,3-7H2,1-2H3. The summed E-state index contributed by atoms with van der Waals surface area (Å²) in [5.74, 6) is -0.193. The van der Waals surface area contributed by atoms with Crippen LogP contribution in [0.25, 0.3) is 0 Å². The maximum Gasteiger partial charge on any atom is 0.303 e. The summed E-state index contributed by atoms with van der Waals surface area (Å²) in [5, 5.41) is 6.43. The summed E-state index contributed by atoms with van der Waals surface area (Å²) in [6.45, 7) is 6.85. The topological polar surface area (TPSA) is 50.4 Å². The predicted octanol–water partition coefficient (Wildman–Crippen LogP) is -0.109. The molecule has 4 nitrogen and oxygen atoms in total. The van der Waals surface area contributed by atoms with E-state index < -0.39 is 0 Å². The van der Waals surface area contributed by atoms with Crippen LogP contribution in [0, 0.1) is 0 Å². The number of carbonyl (C=O) groups excluding carboxylic acids is 1. The van der Waals surface area contributed by atoms with Gasteiger partial charge < -0.3 is 15.4 Å². The molecule has 1 heterocycles. The molecular formula is C9H18N2O2. The van der Waals surface area contributed by atoms with Gasteiger partial charge in [0.25, 0.3) is 0 Å². The zero-order valence-corrected chi connectivity index (χ0v) is 8.35. The Morgan fingerprint density at radius 2 is 2.46 bits per heavy atom. The van der Waals surface area contributed by atoms with E-state index in [0.29, 0.717) is 0 Å². The van der Waals surface area contributed by atoms with Crippen molar-refractivity contribution in [1.29, 1.82) is 0 Å². The smallest absolute Gasteiger partial charge is 0.303 e. The molecule has 1 rings (SSSR count). The summed E-state index contributed by atoms with van der Waals surface area (Å²) in [4.78, 5) is 10.9. The SMILES string of the molecule is CCNCC1(OC(C)=O)CCNC1. The van der Waals surface area contributed by atoms with Crippen LogP contribution in [0.4, 0.5) is 0 Å². The summed E-state index contributed by atoms with van der Waals surface area (Å²) in [7, 11) is 0. The Morgan fingerprint density at radius 1 is 1.69 bits per heavy atom. The highest BCUT2D eigenvalue weighted by Crippen LogP contribution is 2.18. The molecule has 0 amide bonds. The number of hydrogen-bond acceptors (Lipinski definition) is 4. The van der Waals surface area contributed by atoms with Gasteiger partial charge in [0.1, 0.15) is 5.60 Å². The van der Waals surface area contributed by atoms with Gasteiger partial charge in [0.15, 0.2) is 0 Å². The maximum absolute atomic E-state index is 10.9. The molecule has 1 saturated heterocycles. The fraction of sp³-hybridized carbons (Fsp3) is 0.889. The molecule has 0 aliphatic carbocycles. The minimum Gasteiger partial charge on any atom is -0.456 e. The molecule has 0 bridgehead atoms. The summed E-state index contributed by atoms with van der Waals surface area (Å²) < 4.78 is 5.34. The first-order valence-electron chi connectivity index (χ1n) is 4.79. The number of carbonyl (C=O) groups is 1. The van der Waals surface area contributed by atoms with Crippen molar-refractivity contribution in [2.45, 2.75) is 25.9 Å². The third kappa shape index (κ3) is 2.97. The van der Waals surface area contributed by atoms with Crippen molar-refractivity contribution >= 4 is 5.97 Å². The first kappa shape index (κ1) is 10.5. The largest absolute Gasteiger partial charge is 0.456 e. The number of likely N-dealkylation sites (N-methyl/N-ethyl adjacent to an activating group) is 1. The van der Waals surface area contributed by atoms with Crippen molar-refractivity contribution in [2.24, 2.45) is 0 Å². The molecule has 1 unspecified atom stereocenters. The van der Waals surface area contributed by atoms with Crippen LogP contribution in [0.2, 0.25) is 0 Å². The van der Waals surface area contributed by atoms with Crippen molar-refractivity contribution in [3.8, 4) is 0 Å². The van der Waals surface area contributed by atoms with Crippen LogP contribution in [0.15, 0.2) is 0 Å². The van der Waals surface area contributed by atoms with Gasteiger partial charge in [-0.3, -0.25) is 4.79 Å². The third-order valence-electron chi connectivity index (χ3n) is 2.26. The lowest BCUT2D eigenvalue weighted by Gasteiger charge is -2.27. The molecule has 4 heteroatoms. The molecule has 0 aromatic rings. The fourth-order valence-corrected chi connectivity index (χ4v) is 1.65. The normalized spacial score (nSPS) is 27.5. The van der Waals surface area contributed by atoms with Crippen molar-refractivity contribution in [3.63, 3.8) is 0 Å². The van der Waals surface area contributed by atoms with Crippen LogP contribution < -0.4 is 10.6 Å². The van der Waals surface area contributed by atoms with Gasteiger partial charge in [0.05, 0.1) is 0 Å². The second kappa shape index (κ2) is 4.58. The minimum absolute atomic E-state index is 0.193. The van der Waals surface area contributed by atoms with Crippen molar-refractivity contribution < 1.29 is 9.53 Å². The number of ether oxygens (including phenoxy) is 1. The Bertz CT molecular complexity index is 176. The average molecular weight is 186 g/mol. The lowest BCUT2D eigenvalue weighted by atomic mass is 10.0. The van der Waals surface area contributed by atoms with Gasteiger partial charge in [-0.15, -0.1) is 0 Å². The monoisotopic (exact) mass is 186 g/mol. The molecule has 1 aliphatic heterocycles. The van der Waals surface area contributed by atoms with E-state index in [0.717, 1.165) is 32.6 Å². The first-order chi connectivity index (χ1) is 6.18. The van der Waals surface area contributed by atoms with E-state index in [-0.39, 0.29) is 11.6 Å². The number of nitrogens with one attached hydrogen (secondary N) is 2. The molecule has 1 aliphatic rings. The second-order valence-corrected chi connectivity index (χ2v) is 3.48. The van der Waals surface area contributed by atoms with Crippen molar-refractivity contribution in [1.82, 2.24) is 10.6 Å². The van der Waals surface area contributed by atoms with Gasteiger partial charge in [-0.05, 0) is 13.1 Å². The van der Waals surface area contributed by atoms with Crippen LogP contribution in [-0.2, 0) is 9.53 Å². The van der Waals surface area contributed by atoms with Crippen molar-refractivity contribution in [3.05, 3.63) is 0 Å². The molecule has 76 valence electrons. The number of rotatable bonds is 4. The Balaban J connectivity index is 2.47. The Kier molecular flexibility index (Phi) is 3.69. The van der Waals surface area contributed by atoms with Crippen LogP contribution in [0.1, 0.15) is 20.3 Å². The maximum atomic E-state index is 10.9. The van der Waals surface area contributed by atoms with Gasteiger partial charge in [0, 0.05) is 26.4 Å². The van der Waals surface area contributed by atoms with Crippen LogP contribution in [0.5, 0.6) is 0 Å². The highest BCUT2D eigenvalue weighted by Gasteiger charge is 2.36. The van der Waals surface area contributed by atoms with Gasteiger partial charge in [-0.25, -0.2) is 0 Å². The zero-order chi connectivity index (χ0) is 9.73. The number of esters is 1. The molecule has 0 aromatic heterocycles. The molecule has 1 atom stereocenters. The lowest BCUT2D eigenvalue weighted by molar-refractivity contribution is -0.154. The predicted molar refractivity (Wildman–Crippen MR) is 50.5 cm³/mol. The molecule has 13 heavy (non-hydrogen) atoms. The zero-order valence-electron chi connectivity index (χ0n) is 8.35. The van der Waals surface area contributed by atoms with Crippen LogP contribution in [0.3, 0.4) is 0 Å². The van der Waals surface area contributed by atoms with Gasteiger partial charge in [-0.1, -0.05) is 6.92 Å².